The van der Waals surface area contributed by atoms with Crippen LogP contribution in [0.1, 0.15) is 59.3 Å². The van der Waals surface area contributed by atoms with Crippen molar-refractivity contribution < 1.29 is 14.0 Å². The molecule has 0 bridgehead atoms. The SMILES string of the molecule is CCCCCCCOB1OC(C)CC(C)O1. The normalized spacial score (nSPS) is 26.1. The minimum absolute atomic E-state index is 0.244. The van der Waals surface area contributed by atoms with Crippen LogP contribution in [-0.4, -0.2) is 26.1 Å². The topological polar surface area (TPSA) is 27.7 Å². The summed E-state index contributed by atoms with van der Waals surface area (Å²) < 4.78 is 16.6. The van der Waals surface area contributed by atoms with Crippen molar-refractivity contribution >= 4 is 7.32 Å². The molecule has 1 heterocycles. The Kier molecular flexibility index (Phi) is 7.09. The summed E-state index contributed by atoms with van der Waals surface area (Å²) in [5.41, 5.74) is 0. The van der Waals surface area contributed by atoms with Crippen molar-refractivity contribution in [2.24, 2.45) is 0 Å². The summed E-state index contributed by atoms with van der Waals surface area (Å²) >= 11 is 0. The second-order valence-electron chi connectivity index (χ2n) is 4.70. The van der Waals surface area contributed by atoms with Gasteiger partial charge in [-0.1, -0.05) is 32.6 Å². The minimum atomic E-state index is -0.440. The summed E-state index contributed by atoms with van der Waals surface area (Å²) in [4.78, 5) is 0. The van der Waals surface area contributed by atoms with Crippen molar-refractivity contribution in [3.63, 3.8) is 0 Å². The molecule has 0 aromatic heterocycles. The predicted molar refractivity (Wildman–Crippen MR) is 66.2 cm³/mol. The van der Waals surface area contributed by atoms with Crippen molar-refractivity contribution in [3.8, 4) is 0 Å². The van der Waals surface area contributed by atoms with Crippen LogP contribution in [0.2, 0.25) is 0 Å². The van der Waals surface area contributed by atoms with E-state index in [0.717, 1.165) is 19.4 Å². The van der Waals surface area contributed by atoms with Gasteiger partial charge in [0.25, 0.3) is 0 Å². The van der Waals surface area contributed by atoms with Crippen LogP contribution in [0.25, 0.3) is 0 Å². The Labute approximate surface area is 100 Å². The van der Waals surface area contributed by atoms with Crippen molar-refractivity contribution in [1.29, 1.82) is 0 Å². The Balaban J connectivity index is 1.99. The zero-order chi connectivity index (χ0) is 11.8. The van der Waals surface area contributed by atoms with Crippen LogP contribution in [-0.2, 0) is 14.0 Å². The van der Waals surface area contributed by atoms with E-state index in [4.69, 9.17) is 14.0 Å². The lowest BCUT2D eigenvalue weighted by molar-refractivity contribution is -0.0199. The van der Waals surface area contributed by atoms with Crippen LogP contribution in [0, 0.1) is 0 Å². The summed E-state index contributed by atoms with van der Waals surface area (Å²) in [5, 5.41) is 0. The maximum absolute atomic E-state index is 5.56. The molecule has 0 radical (unpaired) electrons. The molecule has 0 aliphatic carbocycles. The molecule has 2 atom stereocenters. The molecule has 0 aromatic carbocycles. The summed E-state index contributed by atoms with van der Waals surface area (Å²) in [5.74, 6) is 0. The summed E-state index contributed by atoms with van der Waals surface area (Å²) in [6.07, 6.45) is 7.70. The highest BCUT2D eigenvalue weighted by Gasteiger charge is 2.32. The molecule has 0 aromatic rings. The van der Waals surface area contributed by atoms with Gasteiger partial charge < -0.3 is 14.0 Å². The molecule has 2 unspecified atom stereocenters. The van der Waals surface area contributed by atoms with Crippen LogP contribution in [0.4, 0.5) is 0 Å². The lowest BCUT2D eigenvalue weighted by Gasteiger charge is -2.29. The van der Waals surface area contributed by atoms with E-state index < -0.39 is 7.32 Å². The first-order chi connectivity index (χ1) is 7.72. The van der Waals surface area contributed by atoms with Crippen molar-refractivity contribution in [1.82, 2.24) is 0 Å². The number of hydrogen-bond acceptors (Lipinski definition) is 3. The molecule has 1 fully saturated rings. The first-order valence-corrected chi connectivity index (χ1v) is 6.65. The maximum atomic E-state index is 5.56. The Hall–Kier alpha value is -0.0551. The van der Waals surface area contributed by atoms with E-state index in [1.54, 1.807) is 0 Å². The molecule has 0 saturated carbocycles. The molecule has 1 rings (SSSR count). The van der Waals surface area contributed by atoms with E-state index in [-0.39, 0.29) is 12.2 Å². The third-order valence-corrected chi connectivity index (χ3v) is 2.85. The summed E-state index contributed by atoms with van der Waals surface area (Å²) in [6, 6.07) is 0. The fourth-order valence-corrected chi connectivity index (χ4v) is 1.95. The lowest BCUT2D eigenvalue weighted by atomic mass is 10.1. The summed E-state index contributed by atoms with van der Waals surface area (Å²) in [7, 11) is -0.440. The quantitative estimate of drug-likeness (QED) is 0.494. The molecule has 1 aliphatic rings. The second-order valence-corrected chi connectivity index (χ2v) is 4.70. The molecule has 0 amide bonds. The van der Waals surface area contributed by atoms with Gasteiger partial charge in [-0.05, 0) is 26.7 Å². The number of unbranched alkanes of at least 4 members (excludes halogenated alkanes) is 4. The molecule has 1 saturated heterocycles. The average Bonchev–Trinajstić information content (AvgIpc) is 2.22. The zero-order valence-electron chi connectivity index (χ0n) is 10.9. The highest BCUT2D eigenvalue weighted by Crippen LogP contribution is 2.16. The smallest absolute Gasteiger partial charge is 0.386 e. The third kappa shape index (κ3) is 5.87. The number of rotatable bonds is 7. The van der Waals surface area contributed by atoms with Gasteiger partial charge in [0.05, 0.1) is 0 Å². The van der Waals surface area contributed by atoms with Gasteiger partial charge in [0.15, 0.2) is 0 Å². The molecular formula is C12H25BO3. The molecule has 0 spiro atoms. The van der Waals surface area contributed by atoms with Gasteiger partial charge in [-0.25, -0.2) is 0 Å². The summed E-state index contributed by atoms with van der Waals surface area (Å²) in [6.45, 7) is 7.10. The van der Waals surface area contributed by atoms with E-state index in [1.807, 2.05) is 0 Å². The van der Waals surface area contributed by atoms with Gasteiger partial charge in [0.1, 0.15) is 0 Å². The molecule has 1 aliphatic heterocycles. The van der Waals surface area contributed by atoms with Gasteiger partial charge in [-0.3, -0.25) is 0 Å². The Morgan fingerprint density at radius 2 is 1.69 bits per heavy atom. The van der Waals surface area contributed by atoms with E-state index >= 15 is 0 Å². The largest absolute Gasteiger partial charge is 0.639 e. The first-order valence-electron chi connectivity index (χ1n) is 6.65. The fraction of sp³-hybridized carbons (Fsp3) is 1.00. The van der Waals surface area contributed by atoms with E-state index in [2.05, 4.69) is 20.8 Å². The van der Waals surface area contributed by atoms with Gasteiger partial charge >= 0.3 is 7.32 Å². The maximum Gasteiger partial charge on any atom is 0.639 e. The Morgan fingerprint density at radius 1 is 1.06 bits per heavy atom. The highest BCUT2D eigenvalue weighted by atomic mass is 16.7. The van der Waals surface area contributed by atoms with Crippen LogP contribution in [0.3, 0.4) is 0 Å². The molecule has 4 heteroatoms. The Bertz CT molecular complexity index is 168. The van der Waals surface area contributed by atoms with E-state index in [9.17, 15) is 0 Å². The van der Waals surface area contributed by atoms with Crippen LogP contribution >= 0.6 is 0 Å². The van der Waals surface area contributed by atoms with E-state index in [1.165, 1.54) is 25.7 Å². The molecule has 94 valence electrons. The van der Waals surface area contributed by atoms with Gasteiger partial charge in [-0.2, -0.15) is 0 Å². The van der Waals surface area contributed by atoms with E-state index in [0.29, 0.717) is 0 Å². The van der Waals surface area contributed by atoms with Gasteiger partial charge in [0.2, 0.25) is 0 Å². The van der Waals surface area contributed by atoms with Gasteiger partial charge in [-0.15, -0.1) is 0 Å². The predicted octanol–water partition coefficient (Wildman–Crippen LogP) is 3.17. The number of hydrogen-bond donors (Lipinski definition) is 0. The first kappa shape index (κ1) is 14.0. The average molecular weight is 228 g/mol. The van der Waals surface area contributed by atoms with Crippen LogP contribution in [0.15, 0.2) is 0 Å². The minimum Gasteiger partial charge on any atom is -0.386 e. The van der Waals surface area contributed by atoms with Crippen molar-refractivity contribution in [2.45, 2.75) is 71.5 Å². The van der Waals surface area contributed by atoms with Crippen LogP contribution in [0.5, 0.6) is 0 Å². The fourth-order valence-electron chi connectivity index (χ4n) is 1.95. The standard InChI is InChI=1S/C12H25BO3/c1-4-5-6-7-8-9-14-13-15-11(2)10-12(3)16-13/h11-12H,4-10H2,1-3H3. The highest BCUT2D eigenvalue weighted by molar-refractivity contribution is 6.36. The third-order valence-electron chi connectivity index (χ3n) is 2.85. The molecule has 0 N–H and O–H groups in total. The monoisotopic (exact) mass is 228 g/mol. The van der Waals surface area contributed by atoms with Gasteiger partial charge in [0, 0.05) is 18.8 Å². The molecule has 3 nitrogen and oxygen atoms in total. The van der Waals surface area contributed by atoms with Crippen molar-refractivity contribution in [3.05, 3.63) is 0 Å². The lowest BCUT2D eigenvalue weighted by Crippen LogP contribution is -2.41. The van der Waals surface area contributed by atoms with Crippen molar-refractivity contribution in [2.75, 3.05) is 6.61 Å². The Morgan fingerprint density at radius 3 is 2.31 bits per heavy atom. The second kappa shape index (κ2) is 8.10. The zero-order valence-corrected chi connectivity index (χ0v) is 10.9. The molecule has 16 heavy (non-hydrogen) atoms. The van der Waals surface area contributed by atoms with Crippen LogP contribution < -0.4 is 0 Å². The molecular weight excluding hydrogens is 203 g/mol.